The summed E-state index contributed by atoms with van der Waals surface area (Å²) in [6.45, 7) is 4.84. The Kier molecular flexibility index (Phi) is 4.61. The first-order valence-electron chi connectivity index (χ1n) is 9.10. The molecule has 7 heteroatoms. The van der Waals surface area contributed by atoms with Gasteiger partial charge in [-0.3, -0.25) is 4.79 Å². The molecule has 4 heterocycles. The lowest BCUT2D eigenvalue weighted by Crippen LogP contribution is -2.36. The van der Waals surface area contributed by atoms with Crippen molar-refractivity contribution in [3.8, 4) is 0 Å². The first-order chi connectivity index (χ1) is 12.7. The molecule has 0 spiro atoms. The number of likely N-dealkylation sites (tertiary alicyclic amines) is 1. The molecule has 140 valence electrons. The van der Waals surface area contributed by atoms with Crippen molar-refractivity contribution in [1.29, 1.82) is 0 Å². The maximum atomic E-state index is 13.5. The average Bonchev–Trinajstić information content (AvgIpc) is 3.36. The van der Waals surface area contributed by atoms with Gasteiger partial charge in [-0.1, -0.05) is 30.3 Å². The van der Waals surface area contributed by atoms with Crippen LogP contribution in [0.4, 0.5) is 0 Å². The lowest BCUT2D eigenvalue weighted by molar-refractivity contribution is 0.0704. The van der Waals surface area contributed by atoms with Crippen LogP contribution in [0.1, 0.15) is 27.7 Å². The van der Waals surface area contributed by atoms with Crippen LogP contribution >= 0.6 is 12.4 Å². The number of halogens is 1. The fourth-order valence-electron chi connectivity index (χ4n) is 4.60. The van der Waals surface area contributed by atoms with E-state index < -0.39 is 0 Å². The number of carbonyl (C=O) groups excluding carboxylic acids is 1. The number of hydrogen-bond donors (Lipinski definition) is 1. The SMILES string of the molecule is Cc1ccccc1[C@@H]1[C@H]2CNC[C@H]2CN1C(=O)c1cccc2ncnn12.Cl. The topological polar surface area (TPSA) is 62.5 Å². The smallest absolute Gasteiger partial charge is 0.273 e. The second-order valence-electron chi connectivity index (χ2n) is 7.28. The first kappa shape index (κ1) is 17.9. The maximum Gasteiger partial charge on any atom is 0.273 e. The monoisotopic (exact) mass is 383 g/mol. The van der Waals surface area contributed by atoms with E-state index >= 15 is 0 Å². The van der Waals surface area contributed by atoms with Crippen LogP contribution in [0.25, 0.3) is 5.65 Å². The highest BCUT2D eigenvalue weighted by molar-refractivity contribution is 5.93. The lowest BCUT2D eigenvalue weighted by atomic mass is 9.87. The average molecular weight is 384 g/mol. The molecule has 0 aliphatic carbocycles. The largest absolute Gasteiger partial charge is 0.330 e. The minimum absolute atomic E-state index is 0. The lowest BCUT2D eigenvalue weighted by Gasteiger charge is -2.29. The Balaban J connectivity index is 0.00000180. The third-order valence-corrected chi connectivity index (χ3v) is 5.85. The molecule has 0 saturated carbocycles. The molecule has 3 atom stereocenters. The predicted octanol–water partition coefficient (Wildman–Crippen LogP) is 2.49. The summed E-state index contributed by atoms with van der Waals surface area (Å²) in [6.07, 6.45) is 1.49. The van der Waals surface area contributed by atoms with Crippen LogP contribution < -0.4 is 5.32 Å². The van der Waals surface area contributed by atoms with E-state index in [0.717, 1.165) is 19.6 Å². The number of fused-ring (bicyclic) bond motifs is 2. The van der Waals surface area contributed by atoms with Crippen molar-refractivity contribution < 1.29 is 4.79 Å². The number of nitrogens with zero attached hydrogens (tertiary/aromatic N) is 4. The zero-order chi connectivity index (χ0) is 17.7. The van der Waals surface area contributed by atoms with Crippen molar-refractivity contribution >= 4 is 24.0 Å². The summed E-state index contributed by atoms with van der Waals surface area (Å²) in [6, 6.07) is 14.1. The number of aromatic nitrogens is 3. The Morgan fingerprint density at radius 3 is 2.85 bits per heavy atom. The molecule has 1 aromatic carbocycles. The molecule has 0 radical (unpaired) electrons. The molecule has 5 rings (SSSR count). The highest BCUT2D eigenvalue weighted by Gasteiger charge is 2.47. The van der Waals surface area contributed by atoms with Gasteiger partial charge in [0.25, 0.3) is 5.91 Å². The predicted molar refractivity (Wildman–Crippen MR) is 105 cm³/mol. The fourth-order valence-corrected chi connectivity index (χ4v) is 4.60. The van der Waals surface area contributed by atoms with Crippen LogP contribution in [0, 0.1) is 18.8 Å². The molecule has 2 aromatic heterocycles. The Labute approximate surface area is 164 Å². The number of benzene rings is 1. The van der Waals surface area contributed by atoms with E-state index in [1.807, 2.05) is 18.2 Å². The maximum absolute atomic E-state index is 13.5. The minimum atomic E-state index is 0. The summed E-state index contributed by atoms with van der Waals surface area (Å²) in [5, 5.41) is 7.75. The molecule has 1 N–H and O–H groups in total. The van der Waals surface area contributed by atoms with Crippen molar-refractivity contribution in [3.63, 3.8) is 0 Å². The van der Waals surface area contributed by atoms with Crippen LogP contribution in [0.15, 0.2) is 48.8 Å². The Morgan fingerprint density at radius 2 is 2.00 bits per heavy atom. The highest BCUT2D eigenvalue weighted by atomic mass is 35.5. The number of carbonyl (C=O) groups is 1. The highest BCUT2D eigenvalue weighted by Crippen LogP contribution is 2.44. The summed E-state index contributed by atoms with van der Waals surface area (Å²) in [5.41, 5.74) is 3.76. The van der Waals surface area contributed by atoms with Gasteiger partial charge >= 0.3 is 0 Å². The van der Waals surface area contributed by atoms with Gasteiger partial charge in [0.15, 0.2) is 5.65 Å². The second kappa shape index (κ2) is 6.94. The molecule has 1 amide bonds. The first-order valence-corrected chi connectivity index (χ1v) is 9.10. The van der Waals surface area contributed by atoms with Gasteiger partial charge in [0.05, 0.1) is 6.04 Å². The molecular formula is C20H22ClN5O. The third kappa shape index (κ3) is 2.80. The van der Waals surface area contributed by atoms with E-state index in [1.54, 1.807) is 4.52 Å². The molecular weight excluding hydrogens is 362 g/mol. The number of hydrogen-bond acceptors (Lipinski definition) is 4. The zero-order valence-electron chi connectivity index (χ0n) is 15.1. The van der Waals surface area contributed by atoms with Gasteiger partial charge in [-0.15, -0.1) is 12.4 Å². The van der Waals surface area contributed by atoms with Crippen LogP contribution in [0.2, 0.25) is 0 Å². The van der Waals surface area contributed by atoms with E-state index in [0.29, 0.717) is 23.2 Å². The van der Waals surface area contributed by atoms with E-state index in [4.69, 9.17) is 0 Å². The summed E-state index contributed by atoms with van der Waals surface area (Å²) in [5.74, 6) is 0.984. The van der Waals surface area contributed by atoms with E-state index in [-0.39, 0.29) is 24.4 Å². The second-order valence-corrected chi connectivity index (χ2v) is 7.28. The summed E-state index contributed by atoms with van der Waals surface area (Å²) in [4.78, 5) is 19.8. The molecule has 2 fully saturated rings. The van der Waals surface area contributed by atoms with Crippen molar-refractivity contribution in [1.82, 2.24) is 24.8 Å². The molecule has 2 aliphatic heterocycles. The van der Waals surface area contributed by atoms with Crippen molar-refractivity contribution in [2.24, 2.45) is 11.8 Å². The van der Waals surface area contributed by atoms with Crippen LogP contribution in [0.3, 0.4) is 0 Å². The Hall–Kier alpha value is -2.44. The van der Waals surface area contributed by atoms with Crippen LogP contribution in [-0.4, -0.2) is 45.0 Å². The summed E-state index contributed by atoms with van der Waals surface area (Å²) < 4.78 is 1.64. The number of aryl methyl sites for hydroxylation is 1. The minimum Gasteiger partial charge on any atom is -0.330 e. The van der Waals surface area contributed by atoms with Crippen molar-refractivity contribution in [2.45, 2.75) is 13.0 Å². The quantitative estimate of drug-likeness (QED) is 0.738. The zero-order valence-corrected chi connectivity index (χ0v) is 15.9. The Bertz CT molecular complexity index is 987. The standard InChI is InChI=1S/C20H21N5O.ClH/c1-13-5-2-3-6-15(13)19-16-10-21-9-14(16)11-24(19)20(26)17-7-4-8-18-22-12-23-25(17)18;/h2-8,12,14,16,19,21H,9-11H2,1H3;1H/t14-,16-,19+;/m0./s1. The van der Waals surface area contributed by atoms with Crippen molar-refractivity contribution in [2.75, 3.05) is 19.6 Å². The van der Waals surface area contributed by atoms with Gasteiger partial charge in [0.1, 0.15) is 12.0 Å². The normalized spacial score (nSPS) is 24.0. The molecule has 3 aromatic rings. The van der Waals surface area contributed by atoms with Gasteiger partial charge < -0.3 is 10.2 Å². The number of pyridine rings is 1. The van der Waals surface area contributed by atoms with E-state index in [1.165, 1.54) is 17.5 Å². The molecule has 27 heavy (non-hydrogen) atoms. The number of amides is 1. The van der Waals surface area contributed by atoms with Gasteiger partial charge in [0.2, 0.25) is 0 Å². The third-order valence-electron chi connectivity index (χ3n) is 5.85. The van der Waals surface area contributed by atoms with Gasteiger partial charge in [-0.25, -0.2) is 9.50 Å². The number of nitrogens with one attached hydrogen (secondary N) is 1. The van der Waals surface area contributed by atoms with Crippen molar-refractivity contribution in [3.05, 3.63) is 65.6 Å². The van der Waals surface area contributed by atoms with Gasteiger partial charge in [0, 0.05) is 25.6 Å². The fraction of sp³-hybridized carbons (Fsp3) is 0.350. The van der Waals surface area contributed by atoms with E-state index in [2.05, 4.69) is 51.5 Å². The molecule has 0 unspecified atom stereocenters. The van der Waals surface area contributed by atoms with Crippen LogP contribution in [-0.2, 0) is 0 Å². The molecule has 2 saturated heterocycles. The molecule has 2 aliphatic rings. The summed E-state index contributed by atoms with van der Waals surface area (Å²) >= 11 is 0. The molecule has 6 nitrogen and oxygen atoms in total. The molecule has 0 bridgehead atoms. The van der Waals surface area contributed by atoms with Gasteiger partial charge in [-0.05, 0) is 36.1 Å². The van der Waals surface area contributed by atoms with Crippen LogP contribution in [0.5, 0.6) is 0 Å². The number of rotatable bonds is 2. The van der Waals surface area contributed by atoms with Gasteiger partial charge in [-0.2, -0.15) is 5.10 Å². The Morgan fingerprint density at radius 1 is 1.15 bits per heavy atom. The van der Waals surface area contributed by atoms with E-state index in [9.17, 15) is 4.79 Å². The summed E-state index contributed by atoms with van der Waals surface area (Å²) in [7, 11) is 0.